The summed E-state index contributed by atoms with van der Waals surface area (Å²) >= 11 is 0. The maximum absolute atomic E-state index is 11.4. The molecule has 0 saturated carbocycles. The van der Waals surface area contributed by atoms with Gasteiger partial charge in [0.15, 0.2) is 0 Å². The van der Waals surface area contributed by atoms with Crippen LogP contribution in [0, 0.1) is 13.8 Å². The summed E-state index contributed by atoms with van der Waals surface area (Å²) in [7, 11) is 0. The van der Waals surface area contributed by atoms with Crippen molar-refractivity contribution in [1.82, 2.24) is 20.2 Å². The van der Waals surface area contributed by atoms with E-state index in [1.165, 1.54) is 0 Å². The minimum Gasteiger partial charge on any atom is -0.363 e. The number of carbonyl (C=O) groups is 1. The molecule has 0 aliphatic carbocycles. The molecular weight excluding hydrogens is 280 g/mol. The minimum atomic E-state index is -0.601. The summed E-state index contributed by atoms with van der Waals surface area (Å²) < 4.78 is 0. The number of nitrogens with zero attached hydrogens (tertiary/aromatic N) is 4. The number of primary amides is 1. The van der Waals surface area contributed by atoms with Crippen LogP contribution in [0.15, 0.2) is 12.4 Å². The van der Waals surface area contributed by atoms with Crippen LogP contribution in [-0.2, 0) is 6.42 Å². The van der Waals surface area contributed by atoms with E-state index in [0.29, 0.717) is 0 Å². The van der Waals surface area contributed by atoms with Crippen LogP contribution in [0.25, 0.3) is 0 Å². The molecule has 0 fully saturated rings. The summed E-state index contributed by atoms with van der Waals surface area (Å²) in [6.07, 6.45) is 5.54. The Labute approximate surface area is 130 Å². The van der Waals surface area contributed by atoms with E-state index in [2.05, 4.69) is 32.0 Å². The number of hydrogen-bond acceptors (Lipinski definition) is 5. The predicted octanol–water partition coefficient (Wildman–Crippen LogP) is 1.37. The standard InChI is InChI=1S/C15H22N6O/c1-4-6-21(7-5-12-8-17-18-9-12)15-10(2)11(3)19-14(20-15)13(16)22/h8-9H,4-7H2,1-3H3,(H2,16,22)(H,17,18). The fourth-order valence-electron chi connectivity index (χ4n) is 2.30. The first-order chi connectivity index (χ1) is 10.5. The second-order valence-electron chi connectivity index (χ2n) is 5.29. The molecule has 0 aliphatic heterocycles. The Morgan fingerprint density at radius 1 is 1.32 bits per heavy atom. The summed E-state index contributed by atoms with van der Waals surface area (Å²) in [5.41, 5.74) is 8.23. The average Bonchev–Trinajstić information content (AvgIpc) is 2.99. The van der Waals surface area contributed by atoms with Crippen molar-refractivity contribution in [3.63, 3.8) is 0 Å². The zero-order valence-corrected chi connectivity index (χ0v) is 13.3. The van der Waals surface area contributed by atoms with Crippen molar-refractivity contribution in [2.75, 3.05) is 18.0 Å². The highest BCUT2D eigenvalue weighted by Gasteiger charge is 2.16. The van der Waals surface area contributed by atoms with Gasteiger partial charge in [-0.25, -0.2) is 9.97 Å². The lowest BCUT2D eigenvalue weighted by Gasteiger charge is -2.25. The fourth-order valence-corrected chi connectivity index (χ4v) is 2.30. The van der Waals surface area contributed by atoms with Gasteiger partial charge in [-0.3, -0.25) is 9.89 Å². The second-order valence-corrected chi connectivity index (χ2v) is 5.29. The highest BCUT2D eigenvalue weighted by atomic mass is 16.1. The van der Waals surface area contributed by atoms with Crippen LogP contribution in [-0.4, -0.2) is 39.2 Å². The number of aryl methyl sites for hydroxylation is 1. The van der Waals surface area contributed by atoms with E-state index in [0.717, 1.165) is 48.6 Å². The number of H-pyrrole nitrogens is 1. The van der Waals surface area contributed by atoms with Gasteiger partial charge in [-0.15, -0.1) is 0 Å². The van der Waals surface area contributed by atoms with E-state index in [1.807, 2.05) is 26.2 Å². The molecule has 0 radical (unpaired) electrons. The molecule has 0 unspecified atom stereocenters. The molecular formula is C15H22N6O. The van der Waals surface area contributed by atoms with Crippen LogP contribution < -0.4 is 10.6 Å². The Hall–Kier alpha value is -2.44. The van der Waals surface area contributed by atoms with Gasteiger partial charge < -0.3 is 10.6 Å². The van der Waals surface area contributed by atoms with E-state index < -0.39 is 5.91 Å². The first-order valence-corrected chi connectivity index (χ1v) is 7.40. The molecule has 0 atom stereocenters. The number of carbonyl (C=O) groups excluding carboxylic acids is 1. The molecule has 1 amide bonds. The molecule has 0 bridgehead atoms. The smallest absolute Gasteiger partial charge is 0.286 e. The number of anilines is 1. The van der Waals surface area contributed by atoms with Crippen LogP contribution in [0.5, 0.6) is 0 Å². The monoisotopic (exact) mass is 302 g/mol. The van der Waals surface area contributed by atoms with Crippen molar-refractivity contribution in [3.8, 4) is 0 Å². The maximum Gasteiger partial charge on any atom is 0.286 e. The molecule has 0 aromatic carbocycles. The summed E-state index contributed by atoms with van der Waals surface area (Å²) in [6, 6.07) is 0. The Morgan fingerprint density at radius 3 is 2.68 bits per heavy atom. The topological polar surface area (TPSA) is 101 Å². The summed E-state index contributed by atoms with van der Waals surface area (Å²) in [5, 5.41) is 6.77. The maximum atomic E-state index is 11.4. The lowest BCUT2D eigenvalue weighted by Crippen LogP contribution is -2.30. The number of rotatable bonds is 7. The molecule has 0 spiro atoms. The summed E-state index contributed by atoms with van der Waals surface area (Å²) in [5.74, 6) is 0.254. The molecule has 118 valence electrons. The number of aromatic amines is 1. The lowest BCUT2D eigenvalue weighted by atomic mass is 10.2. The fraction of sp³-hybridized carbons (Fsp3) is 0.467. The number of hydrogen-bond donors (Lipinski definition) is 2. The third-order valence-electron chi connectivity index (χ3n) is 3.60. The Balaban J connectivity index is 2.28. The Bertz CT molecular complexity index is 638. The van der Waals surface area contributed by atoms with E-state index >= 15 is 0 Å². The van der Waals surface area contributed by atoms with E-state index in [-0.39, 0.29) is 5.82 Å². The van der Waals surface area contributed by atoms with Crippen LogP contribution in [0.2, 0.25) is 0 Å². The lowest BCUT2D eigenvalue weighted by molar-refractivity contribution is 0.0990. The normalized spacial score (nSPS) is 10.7. The molecule has 2 aromatic rings. The number of amides is 1. The van der Waals surface area contributed by atoms with Gasteiger partial charge in [-0.1, -0.05) is 6.92 Å². The van der Waals surface area contributed by atoms with Crippen molar-refractivity contribution in [2.45, 2.75) is 33.6 Å². The summed E-state index contributed by atoms with van der Waals surface area (Å²) in [4.78, 5) is 22.1. The highest BCUT2D eigenvalue weighted by Crippen LogP contribution is 2.20. The van der Waals surface area contributed by atoms with Gasteiger partial charge >= 0.3 is 0 Å². The Morgan fingerprint density at radius 2 is 2.09 bits per heavy atom. The minimum absolute atomic E-state index is 0.0718. The summed E-state index contributed by atoms with van der Waals surface area (Å²) in [6.45, 7) is 7.60. The SMILES string of the molecule is CCCN(CCc1cn[nH]c1)c1nc(C(N)=O)nc(C)c1C. The first-order valence-electron chi connectivity index (χ1n) is 7.40. The van der Waals surface area contributed by atoms with Crippen LogP contribution >= 0.6 is 0 Å². The van der Waals surface area contributed by atoms with Crippen LogP contribution in [0.1, 0.15) is 40.8 Å². The first kappa shape index (κ1) is 15.9. The van der Waals surface area contributed by atoms with E-state index in [4.69, 9.17) is 5.73 Å². The average molecular weight is 302 g/mol. The zero-order valence-electron chi connectivity index (χ0n) is 13.3. The number of aromatic nitrogens is 4. The molecule has 2 heterocycles. The predicted molar refractivity (Wildman–Crippen MR) is 84.8 cm³/mol. The van der Waals surface area contributed by atoms with Gasteiger partial charge in [0.1, 0.15) is 5.82 Å². The third-order valence-corrected chi connectivity index (χ3v) is 3.60. The third kappa shape index (κ3) is 3.60. The van der Waals surface area contributed by atoms with Crippen molar-refractivity contribution in [1.29, 1.82) is 0 Å². The quantitative estimate of drug-likeness (QED) is 0.804. The molecule has 2 aromatic heterocycles. The Kier molecular flexibility index (Phi) is 5.08. The molecule has 0 aliphatic rings. The van der Waals surface area contributed by atoms with Gasteiger partial charge in [0.05, 0.1) is 6.20 Å². The van der Waals surface area contributed by atoms with Crippen molar-refractivity contribution >= 4 is 11.7 Å². The molecule has 22 heavy (non-hydrogen) atoms. The molecule has 7 nitrogen and oxygen atoms in total. The van der Waals surface area contributed by atoms with Gasteiger partial charge in [0.25, 0.3) is 5.91 Å². The van der Waals surface area contributed by atoms with Crippen LogP contribution in [0.3, 0.4) is 0 Å². The molecule has 2 rings (SSSR count). The van der Waals surface area contributed by atoms with E-state index in [9.17, 15) is 4.79 Å². The molecule has 0 saturated heterocycles. The van der Waals surface area contributed by atoms with Crippen molar-refractivity contribution in [2.24, 2.45) is 5.73 Å². The van der Waals surface area contributed by atoms with Crippen molar-refractivity contribution < 1.29 is 4.79 Å². The van der Waals surface area contributed by atoms with Gasteiger partial charge in [0.2, 0.25) is 5.82 Å². The van der Waals surface area contributed by atoms with E-state index in [1.54, 1.807) is 0 Å². The number of nitrogens with two attached hydrogens (primary N) is 1. The number of nitrogens with one attached hydrogen (secondary N) is 1. The van der Waals surface area contributed by atoms with Gasteiger partial charge in [0, 0.05) is 30.5 Å². The molecule has 3 N–H and O–H groups in total. The van der Waals surface area contributed by atoms with Gasteiger partial charge in [-0.2, -0.15) is 5.10 Å². The highest BCUT2D eigenvalue weighted by molar-refractivity contribution is 5.89. The zero-order chi connectivity index (χ0) is 16.1. The van der Waals surface area contributed by atoms with Crippen LogP contribution in [0.4, 0.5) is 5.82 Å². The largest absolute Gasteiger partial charge is 0.363 e. The second kappa shape index (κ2) is 7.02. The van der Waals surface area contributed by atoms with Crippen molar-refractivity contribution in [3.05, 3.63) is 35.0 Å². The molecule has 7 heteroatoms. The van der Waals surface area contributed by atoms with Gasteiger partial charge in [-0.05, 0) is 32.3 Å².